The van der Waals surface area contributed by atoms with Gasteiger partial charge < -0.3 is 0 Å². The summed E-state index contributed by atoms with van der Waals surface area (Å²) in [5.74, 6) is 0.894. The maximum Gasteiger partial charge on any atom is 0.264 e. The third-order valence-corrected chi connectivity index (χ3v) is 8.68. The maximum absolute atomic E-state index is 13.6. The molecule has 0 fully saturated rings. The minimum atomic E-state index is -0.252. The molecule has 0 bridgehead atoms. The monoisotopic (exact) mass is 517 g/mol. The summed E-state index contributed by atoms with van der Waals surface area (Å²) < 4.78 is 17.0. The van der Waals surface area contributed by atoms with E-state index in [1.807, 2.05) is 10.5 Å². The van der Waals surface area contributed by atoms with Crippen molar-refractivity contribution in [2.24, 2.45) is 0 Å². The molecule has 36 heavy (non-hydrogen) atoms. The summed E-state index contributed by atoms with van der Waals surface area (Å²) in [6.45, 7) is 6.81. The van der Waals surface area contributed by atoms with Gasteiger partial charge in [0.15, 0.2) is 5.16 Å². The molecule has 182 valence electrons. The number of rotatable bonds is 7. The van der Waals surface area contributed by atoms with Gasteiger partial charge >= 0.3 is 0 Å². The van der Waals surface area contributed by atoms with Crippen molar-refractivity contribution in [2.75, 3.05) is 6.54 Å². The highest BCUT2D eigenvalue weighted by Crippen LogP contribution is 2.36. The zero-order chi connectivity index (χ0) is 24.6. The van der Waals surface area contributed by atoms with Crippen molar-refractivity contribution in [3.05, 3.63) is 105 Å². The number of thioether (sulfide) groups is 1. The van der Waals surface area contributed by atoms with E-state index in [0.717, 1.165) is 52.6 Å². The fourth-order valence-corrected chi connectivity index (χ4v) is 7.08. The van der Waals surface area contributed by atoms with Crippen LogP contribution in [-0.2, 0) is 31.8 Å². The van der Waals surface area contributed by atoms with Gasteiger partial charge in [-0.2, -0.15) is 0 Å². The Bertz CT molecular complexity index is 1620. The van der Waals surface area contributed by atoms with E-state index in [0.29, 0.717) is 18.1 Å². The maximum atomic E-state index is 13.6. The summed E-state index contributed by atoms with van der Waals surface area (Å²) in [4.78, 5) is 18.2. The van der Waals surface area contributed by atoms with E-state index in [-0.39, 0.29) is 11.4 Å². The normalized spacial score (nSPS) is 13.9. The quantitative estimate of drug-likeness (QED) is 0.217. The molecule has 2 aromatic carbocycles. The Morgan fingerprint density at radius 2 is 1.89 bits per heavy atom. The molecule has 1 aliphatic rings. The molecule has 3 aromatic heterocycles. The van der Waals surface area contributed by atoms with Crippen molar-refractivity contribution in [3.8, 4) is 0 Å². The summed E-state index contributed by atoms with van der Waals surface area (Å²) in [5.41, 5.74) is 3.40. The number of fused-ring (bicyclic) bond motifs is 5. The fraction of sp³-hybridized carbons (Fsp3) is 0.222. The second-order valence-corrected chi connectivity index (χ2v) is 10.9. The van der Waals surface area contributed by atoms with Crippen molar-refractivity contribution in [1.82, 2.24) is 24.1 Å². The molecule has 6 rings (SSSR count). The molecule has 0 amide bonds. The van der Waals surface area contributed by atoms with Gasteiger partial charge in [0.2, 0.25) is 5.78 Å². The van der Waals surface area contributed by atoms with Gasteiger partial charge in [0.25, 0.3) is 5.56 Å². The third-order valence-electron chi connectivity index (χ3n) is 6.48. The van der Waals surface area contributed by atoms with E-state index in [1.54, 1.807) is 34.1 Å². The van der Waals surface area contributed by atoms with Crippen molar-refractivity contribution in [2.45, 2.75) is 37.0 Å². The molecule has 1 aliphatic heterocycles. The highest BCUT2D eigenvalue weighted by atomic mass is 32.2. The Balaban J connectivity index is 1.42. The predicted molar refractivity (Wildman–Crippen MR) is 143 cm³/mol. The number of allylic oxidation sites excluding steroid dienone is 1. The van der Waals surface area contributed by atoms with Gasteiger partial charge in [0.05, 0.1) is 5.39 Å². The number of hydrogen-bond donors (Lipinski definition) is 0. The first-order valence-electron chi connectivity index (χ1n) is 11.8. The van der Waals surface area contributed by atoms with Crippen molar-refractivity contribution in [3.63, 3.8) is 0 Å². The first-order valence-corrected chi connectivity index (χ1v) is 13.6. The number of thiophene rings is 1. The molecule has 6 nitrogen and oxygen atoms in total. The fourth-order valence-electron chi connectivity index (χ4n) is 4.75. The Kier molecular flexibility index (Phi) is 6.20. The Hall–Kier alpha value is -3.27. The molecule has 0 unspecified atom stereocenters. The first kappa shape index (κ1) is 23.1. The number of halogens is 1. The van der Waals surface area contributed by atoms with Crippen molar-refractivity contribution < 1.29 is 4.39 Å². The number of benzene rings is 2. The zero-order valence-electron chi connectivity index (χ0n) is 19.6. The van der Waals surface area contributed by atoms with E-state index >= 15 is 0 Å². The van der Waals surface area contributed by atoms with Gasteiger partial charge in [-0.1, -0.05) is 60.3 Å². The molecule has 4 heterocycles. The van der Waals surface area contributed by atoms with Gasteiger partial charge in [-0.3, -0.25) is 14.3 Å². The molecule has 0 atom stereocenters. The van der Waals surface area contributed by atoms with Crippen molar-refractivity contribution in [1.29, 1.82) is 0 Å². The van der Waals surface area contributed by atoms with Crippen LogP contribution in [0, 0.1) is 5.82 Å². The zero-order valence-corrected chi connectivity index (χ0v) is 21.2. The van der Waals surface area contributed by atoms with Gasteiger partial charge in [0.1, 0.15) is 10.6 Å². The van der Waals surface area contributed by atoms with Crippen LogP contribution in [0.1, 0.15) is 21.6 Å². The van der Waals surface area contributed by atoms with Crippen LogP contribution in [0.5, 0.6) is 0 Å². The Morgan fingerprint density at radius 1 is 1.08 bits per heavy atom. The molecule has 0 saturated heterocycles. The number of hydrogen-bond acceptors (Lipinski definition) is 6. The van der Waals surface area contributed by atoms with Crippen LogP contribution in [0.3, 0.4) is 0 Å². The highest BCUT2D eigenvalue weighted by Gasteiger charge is 2.27. The molecule has 0 aliphatic carbocycles. The molecule has 0 radical (unpaired) electrons. The summed E-state index contributed by atoms with van der Waals surface area (Å²) in [6, 6.07) is 17.0. The van der Waals surface area contributed by atoms with Gasteiger partial charge in [0, 0.05) is 36.8 Å². The van der Waals surface area contributed by atoms with Gasteiger partial charge in [-0.25, -0.2) is 8.79 Å². The van der Waals surface area contributed by atoms with E-state index in [9.17, 15) is 9.18 Å². The minimum Gasteiger partial charge on any atom is -0.294 e. The predicted octanol–water partition coefficient (Wildman–Crippen LogP) is 5.28. The number of nitrogens with zero attached hydrogens (tertiary/aromatic N) is 5. The van der Waals surface area contributed by atoms with Crippen LogP contribution < -0.4 is 5.56 Å². The van der Waals surface area contributed by atoms with Gasteiger partial charge in [-0.05, 0) is 35.2 Å². The lowest BCUT2D eigenvalue weighted by Crippen LogP contribution is -2.30. The lowest BCUT2D eigenvalue weighted by atomic mass is 10.0. The Morgan fingerprint density at radius 3 is 2.67 bits per heavy atom. The third kappa shape index (κ3) is 4.17. The van der Waals surface area contributed by atoms with E-state index < -0.39 is 0 Å². The van der Waals surface area contributed by atoms with Crippen LogP contribution in [0.4, 0.5) is 4.39 Å². The second kappa shape index (κ2) is 9.65. The van der Waals surface area contributed by atoms with Crippen LogP contribution in [-0.4, -0.2) is 30.6 Å². The smallest absolute Gasteiger partial charge is 0.264 e. The lowest BCUT2D eigenvalue weighted by Gasteiger charge is -2.26. The topological polar surface area (TPSA) is 55.4 Å². The summed E-state index contributed by atoms with van der Waals surface area (Å²) in [5, 5.41) is 10.3. The standard InChI is InChI=1S/C27H24FN5OS2/c1-2-13-32-24(34)23-21-12-14-31(15-18-6-4-3-5-7-18)16-22(21)36-25(23)33-26(32)29-30-27(33)35-17-19-8-10-20(28)11-9-19/h2-11H,1,12-17H2. The molecule has 9 heteroatoms. The second-order valence-electron chi connectivity index (χ2n) is 8.87. The lowest BCUT2D eigenvalue weighted by molar-refractivity contribution is 0.249. The van der Waals surface area contributed by atoms with E-state index in [4.69, 9.17) is 0 Å². The molecule has 0 saturated carbocycles. The summed E-state index contributed by atoms with van der Waals surface area (Å²) in [6.07, 6.45) is 2.55. The highest BCUT2D eigenvalue weighted by molar-refractivity contribution is 7.98. The number of aromatic nitrogens is 4. The molecular weight excluding hydrogens is 493 g/mol. The van der Waals surface area contributed by atoms with Gasteiger partial charge in [-0.15, -0.1) is 28.1 Å². The van der Waals surface area contributed by atoms with Crippen molar-refractivity contribution >= 4 is 39.1 Å². The van der Waals surface area contributed by atoms with Crippen LogP contribution in [0.25, 0.3) is 16.0 Å². The molecular formula is C27H24FN5OS2. The average molecular weight is 518 g/mol. The first-order chi connectivity index (χ1) is 17.6. The van der Waals surface area contributed by atoms with Crippen LogP contribution in [0.15, 0.2) is 77.2 Å². The largest absolute Gasteiger partial charge is 0.294 e. The van der Waals surface area contributed by atoms with E-state index in [1.165, 1.54) is 34.3 Å². The SMILES string of the molecule is C=CCn1c(=O)c2c3c(sc2n2c(SCc4ccc(F)cc4)nnc12)CN(Cc1ccccc1)CC3. The van der Waals surface area contributed by atoms with E-state index in [2.05, 4.69) is 45.9 Å². The average Bonchev–Trinajstić information content (AvgIpc) is 3.48. The molecule has 0 N–H and O–H groups in total. The summed E-state index contributed by atoms with van der Waals surface area (Å²) >= 11 is 3.20. The Labute approximate surface area is 215 Å². The molecule has 5 aromatic rings. The summed E-state index contributed by atoms with van der Waals surface area (Å²) in [7, 11) is 0. The molecule has 0 spiro atoms. The van der Waals surface area contributed by atoms with Crippen LogP contribution >= 0.6 is 23.1 Å². The van der Waals surface area contributed by atoms with Crippen LogP contribution in [0.2, 0.25) is 0 Å². The minimum absolute atomic E-state index is 0.0334.